The molecule has 0 atom stereocenters. The summed E-state index contributed by atoms with van der Waals surface area (Å²) >= 11 is 6.19. The van der Waals surface area contributed by atoms with Crippen LogP contribution in [0, 0.1) is 6.92 Å². The standard InChI is InChI=1S/C15H17ClN2O/c1-4-13-10(2)17-15(18-14(13)16)12-7-5-11(6-8-12)9-19-3/h5-8H,4,9H2,1-3H3. The van der Waals surface area contributed by atoms with Gasteiger partial charge in [-0.05, 0) is 18.9 Å². The van der Waals surface area contributed by atoms with E-state index in [0.717, 1.165) is 28.8 Å². The molecular weight excluding hydrogens is 260 g/mol. The largest absolute Gasteiger partial charge is 0.380 e. The van der Waals surface area contributed by atoms with Crippen molar-refractivity contribution < 1.29 is 4.74 Å². The van der Waals surface area contributed by atoms with Gasteiger partial charge >= 0.3 is 0 Å². The Hall–Kier alpha value is -1.45. The van der Waals surface area contributed by atoms with E-state index in [2.05, 4.69) is 16.9 Å². The van der Waals surface area contributed by atoms with E-state index in [-0.39, 0.29) is 0 Å². The molecule has 1 aromatic heterocycles. The Morgan fingerprint density at radius 3 is 2.37 bits per heavy atom. The molecule has 2 aromatic rings. The first-order valence-electron chi connectivity index (χ1n) is 6.27. The number of aromatic nitrogens is 2. The molecule has 0 aliphatic carbocycles. The van der Waals surface area contributed by atoms with Crippen molar-refractivity contribution in [1.82, 2.24) is 9.97 Å². The highest BCUT2D eigenvalue weighted by molar-refractivity contribution is 6.30. The van der Waals surface area contributed by atoms with Gasteiger partial charge in [0.05, 0.1) is 6.61 Å². The second kappa shape index (κ2) is 6.13. The van der Waals surface area contributed by atoms with Gasteiger partial charge < -0.3 is 4.74 Å². The highest BCUT2D eigenvalue weighted by atomic mass is 35.5. The SMILES string of the molecule is CCc1c(C)nc(-c2ccc(COC)cc2)nc1Cl. The van der Waals surface area contributed by atoms with Crippen molar-refractivity contribution in [3.8, 4) is 11.4 Å². The van der Waals surface area contributed by atoms with Crippen molar-refractivity contribution in [3.05, 3.63) is 46.2 Å². The van der Waals surface area contributed by atoms with E-state index in [1.165, 1.54) is 0 Å². The van der Waals surface area contributed by atoms with E-state index in [1.54, 1.807) is 7.11 Å². The van der Waals surface area contributed by atoms with E-state index in [0.29, 0.717) is 17.6 Å². The maximum absolute atomic E-state index is 6.19. The third kappa shape index (κ3) is 3.11. The molecule has 0 N–H and O–H groups in total. The molecule has 0 spiro atoms. The predicted molar refractivity (Wildman–Crippen MR) is 77.3 cm³/mol. The Balaban J connectivity index is 2.36. The van der Waals surface area contributed by atoms with Crippen LogP contribution in [-0.2, 0) is 17.8 Å². The fraction of sp³-hybridized carbons (Fsp3) is 0.333. The zero-order chi connectivity index (χ0) is 13.8. The summed E-state index contributed by atoms with van der Waals surface area (Å²) in [6.07, 6.45) is 0.845. The minimum atomic E-state index is 0.547. The molecule has 19 heavy (non-hydrogen) atoms. The lowest BCUT2D eigenvalue weighted by Gasteiger charge is -2.08. The molecule has 1 aromatic carbocycles. The van der Waals surface area contributed by atoms with Crippen molar-refractivity contribution in [2.75, 3.05) is 7.11 Å². The number of nitrogens with zero attached hydrogens (tertiary/aromatic N) is 2. The Kier molecular flexibility index (Phi) is 4.51. The van der Waals surface area contributed by atoms with Crippen LogP contribution in [0.15, 0.2) is 24.3 Å². The molecular formula is C15H17ClN2O. The highest BCUT2D eigenvalue weighted by Gasteiger charge is 2.09. The summed E-state index contributed by atoms with van der Waals surface area (Å²) in [5, 5.41) is 0.547. The van der Waals surface area contributed by atoms with Crippen molar-refractivity contribution in [2.24, 2.45) is 0 Å². The fourth-order valence-electron chi connectivity index (χ4n) is 2.01. The van der Waals surface area contributed by atoms with Gasteiger partial charge in [0.2, 0.25) is 0 Å². The summed E-state index contributed by atoms with van der Waals surface area (Å²) in [6.45, 7) is 4.63. The van der Waals surface area contributed by atoms with E-state index in [4.69, 9.17) is 16.3 Å². The van der Waals surface area contributed by atoms with Gasteiger partial charge in [0.15, 0.2) is 5.82 Å². The summed E-state index contributed by atoms with van der Waals surface area (Å²) < 4.78 is 5.09. The minimum Gasteiger partial charge on any atom is -0.380 e. The lowest BCUT2D eigenvalue weighted by molar-refractivity contribution is 0.185. The highest BCUT2D eigenvalue weighted by Crippen LogP contribution is 2.23. The van der Waals surface area contributed by atoms with E-state index >= 15 is 0 Å². The van der Waals surface area contributed by atoms with Crippen LogP contribution >= 0.6 is 11.6 Å². The molecule has 2 rings (SSSR count). The third-order valence-corrected chi connectivity index (χ3v) is 3.35. The normalized spacial score (nSPS) is 10.7. The van der Waals surface area contributed by atoms with Crippen LogP contribution in [0.5, 0.6) is 0 Å². The van der Waals surface area contributed by atoms with Gasteiger partial charge in [-0.3, -0.25) is 0 Å². The molecule has 0 saturated heterocycles. The second-order valence-corrected chi connectivity index (χ2v) is 4.74. The first kappa shape index (κ1) is 14.0. The fourth-order valence-corrected chi connectivity index (χ4v) is 2.36. The van der Waals surface area contributed by atoms with Crippen molar-refractivity contribution in [1.29, 1.82) is 0 Å². The van der Waals surface area contributed by atoms with Gasteiger partial charge in [0.1, 0.15) is 5.15 Å². The van der Waals surface area contributed by atoms with Crippen LogP contribution in [0.2, 0.25) is 5.15 Å². The molecule has 100 valence electrons. The second-order valence-electron chi connectivity index (χ2n) is 4.39. The van der Waals surface area contributed by atoms with Gasteiger partial charge in [-0.25, -0.2) is 9.97 Å². The number of aryl methyl sites for hydroxylation is 1. The number of rotatable bonds is 4. The summed E-state index contributed by atoms with van der Waals surface area (Å²) in [4.78, 5) is 8.90. The Bertz CT molecular complexity index is 544. The molecule has 0 amide bonds. The number of halogens is 1. The van der Waals surface area contributed by atoms with Crippen LogP contribution in [-0.4, -0.2) is 17.1 Å². The molecule has 1 heterocycles. The first-order valence-corrected chi connectivity index (χ1v) is 6.64. The molecule has 0 radical (unpaired) electrons. The minimum absolute atomic E-state index is 0.547. The van der Waals surface area contributed by atoms with Crippen LogP contribution in [0.3, 0.4) is 0 Å². The average molecular weight is 277 g/mol. The van der Waals surface area contributed by atoms with Gasteiger partial charge in [-0.15, -0.1) is 0 Å². The van der Waals surface area contributed by atoms with E-state index < -0.39 is 0 Å². The number of methoxy groups -OCH3 is 1. The van der Waals surface area contributed by atoms with Gasteiger partial charge in [-0.2, -0.15) is 0 Å². The van der Waals surface area contributed by atoms with Crippen molar-refractivity contribution >= 4 is 11.6 Å². The van der Waals surface area contributed by atoms with Crippen LogP contribution in [0.1, 0.15) is 23.7 Å². The summed E-state index contributed by atoms with van der Waals surface area (Å²) in [6, 6.07) is 8.01. The molecule has 0 aliphatic rings. The zero-order valence-electron chi connectivity index (χ0n) is 11.4. The smallest absolute Gasteiger partial charge is 0.161 e. The van der Waals surface area contributed by atoms with E-state index in [1.807, 2.05) is 31.2 Å². The van der Waals surface area contributed by atoms with Crippen LogP contribution in [0.25, 0.3) is 11.4 Å². The Labute approximate surface area is 118 Å². The Morgan fingerprint density at radius 2 is 1.84 bits per heavy atom. The molecule has 4 heteroatoms. The molecule has 0 saturated carbocycles. The van der Waals surface area contributed by atoms with Crippen LogP contribution < -0.4 is 0 Å². The lowest BCUT2D eigenvalue weighted by Crippen LogP contribution is -1.99. The number of hydrogen-bond acceptors (Lipinski definition) is 3. The Morgan fingerprint density at radius 1 is 1.16 bits per heavy atom. The van der Waals surface area contributed by atoms with Gasteiger partial charge in [0.25, 0.3) is 0 Å². The quantitative estimate of drug-likeness (QED) is 0.797. The maximum Gasteiger partial charge on any atom is 0.161 e. The van der Waals surface area contributed by atoms with Crippen LogP contribution in [0.4, 0.5) is 0 Å². The molecule has 0 unspecified atom stereocenters. The molecule has 0 bridgehead atoms. The average Bonchev–Trinajstić information content (AvgIpc) is 2.39. The maximum atomic E-state index is 6.19. The first-order chi connectivity index (χ1) is 9.15. The third-order valence-electron chi connectivity index (χ3n) is 3.04. The van der Waals surface area contributed by atoms with Crippen molar-refractivity contribution in [2.45, 2.75) is 26.9 Å². The molecule has 3 nitrogen and oxygen atoms in total. The predicted octanol–water partition coefficient (Wildman–Crippen LogP) is 3.81. The number of hydrogen-bond donors (Lipinski definition) is 0. The van der Waals surface area contributed by atoms with Gasteiger partial charge in [-0.1, -0.05) is 42.8 Å². The van der Waals surface area contributed by atoms with Gasteiger partial charge in [0, 0.05) is 23.9 Å². The van der Waals surface area contributed by atoms with Crippen molar-refractivity contribution in [3.63, 3.8) is 0 Å². The molecule has 0 aliphatic heterocycles. The monoisotopic (exact) mass is 276 g/mol. The number of benzene rings is 1. The number of ether oxygens (including phenoxy) is 1. The lowest BCUT2D eigenvalue weighted by atomic mass is 10.1. The molecule has 0 fully saturated rings. The summed E-state index contributed by atoms with van der Waals surface area (Å²) in [5.41, 5.74) is 4.05. The van der Waals surface area contributed by atoms with E-state index in [9.17, 15) is 0 Å². The summed E-state index contributed by atoms with van der Waals surface area (Å²) in [5.74, 6) is 0.670. The zero-order valence-corrected chi connectivity index (χ0v) is 12.2. The summed E-state index contributed by atoms with van der Waals surface area (Å²) in [7, 11) is 1.68. The topological polar surface area (TPSA) is 35.0 Å².